The fourth-order valence-corrected chi connectivity index (χ4v) is 1.75. The van der Waals surface area contributed by atoms with Gasteiger partial charge in [-0.1, -0.05) is 18.2 Å². The zero-order valence-electron chi connectivity index (χ0n) is 6.60. The number of carbonyl (C=O) groups excluding carboxylic acids is 1. The molecule has 4 heteroatoms. The molecule has 0 saturated heterocycles. The highest BCUT2D eigenvalue weighted by molar-refractivity contribution is 7.81. The van der Waals surface area contributed by atoms with Crippen molar-refractivity contribution >= 4 is 18.2 Å². The fourth-order valence-electron chi connectivity index (χ4n) is 0.812. The molecule has 0 radical (unpaired) electrons. The van der Waals surface area contributed by atoms with Crippen molar-refractivity contribution < 1.29 is 14.3 Å². The van der Waals surface area contributed by atoms with Crippen molar-refractivity contribution in [1.82, 2.24) is 0 Å². The number of carbonyl (C=O) groups is 1. The first-order valence-corrected chi connectivity index (χ1v) is 5.10. The summed E-state index contributed by atoms with van der Waals surface area (Å²) in [6.07, 6.45) is 0. The molecule has 0 aromatic heterocycles. The third-order valence-corrected chi connectivity index (χ3v) is 3.38. The fraction of sp³-hybridized carbons (Fsp3) is 0.125. The quantitative estimate of drug-likeness (QED) is 0.701. The van der Waals surface area contributed by atoms with Gasteiger partial charge in [-0.15, -0.1) is 0 Å². The molecule has 0 amide bonds. The van der Waals surface area contributed by atoms with E-state index >= 15 is 0 Å². The van der Waals surface area contributed by atoms with E-state index in [9.17, 15) is 14.3 Å². The van der Waals surface area contributed by atoms with E-state index in [1.807, 2.05) is 0 Å². The van der Waals surface area contributed by atoms with Crippen molar-refractivity contribution in [1.29, 1.82) is 0 Å². The van der Waals surface area contributed by atoms with E-state index in [1.165, 1.54) is 12.1 Å². The van der Waals surface area contributed by atoms with Gasteiger partial charge in [0, 0.05) is 12.2 Å². The lowest BCUT2D eigenvalue weighted by molar-refractivity contribution is -0.110. The second kappa shape index (κ2) is 3.21. The van der Waals surface area contributed by atoms with Crippen molar-refractivity contribution in [3.63, 3.8) is 0 Å². The monoisotopic (exact) mass is 184 g/mol. The standard InChI is InChI=1S/C8H9O3P/c1-7(9)12(10,11)8-5-3-2-4-6-8/h2-6H,1H3,(H,10,11). The zero-order valence-corrected chi connectivity index (χ0v) is 7.49. The van der Waals surface area contributed by atoms with Crippen LogP contribution in [0.3, 0.4) is 0 Å². The van der Waals surface area contributed by atoms with Gasteiger partial charge >= 0.3 is 0 Å². The Hall–Kier alpha value is -0.920. The molecule has 1 N–H and O–H groups in total. The molecule has 0 fully saturated rings. The van der Waals surface area contributed by atoms with Gasteiger partial charge in [0.2, 0.25) is 5.52 Å². The smallest absolute Gasteiger partial charge is 0.293 e. The molecule has 12 heavy (non-hydrogen) atoms. The maximum Gasteiger partial charge on any atom is 0.293 e. The maximum absolute atomic E-state index is 11.3. The van der Waals surface area contributed by atoms with Gasteiger partial charge in [0.25, 0.3) is 7.37 Å². The van der Waals surface area contributed by atoms with Crippen LogP contribution in [0.5, 0.6) is 0 Å². The Morgan fingerprint density at radius 1 is 1.33 bits per heavy atom. The molecule has 1 aromatic rings. The summed E-state index contributed by atoms with van der Waals surface area (Å²) in [6, 6.07) is 7.93. The minimum absolute atomic E-state index is 0.192. The van der Waals surface area contributed by atoms with Crippen LogP contribution in [-0.4, -0.2) is 10.4 Å². The third kappa shape index (κ3) is 1.63. The minimum atomic E-state index is -3.76. The van der Waals surface area contributed by atoms with Gasteiger partial charge in [0.05, 0.1) is 0 Å². The van der Waals surface area contributed by atoms with Crippen LogP contribution < -0.4 is 5.30 Å². The van der Waals surface area contributed by atoms with E-state index in [1.54, 1.807) is 18.2 Å². The number of rotatable bonds is 2. The molecule has 1 rings (SSSR count). The van der Waals surface area contributed by atoms with E-state index < -0.39 is 12.9 Å². The Balaban J connectivity index is 3.16. The third-order valence-electron chi connectivity index (χ3n) is 1.53. The van der Waals surface area contributed by atoms with Crippen LogP contribution in [0.4, 0.5) is 0 Å². The van der Waals surface area contributed by atoms with Crippen LogP contribution in [0, 0.1) is 0 Å². The Labute approximate surface area is 70.5 Å². The van der Waals surface area contributed by atoms with Crippen LogP contribution >= 0.6 is 7.37 Å². The molecule has 0 aliphatic rings. The average Bonchev–Trinajstić information content (AvgIpc) is 2.06. The summed E-state index contributed by atoms with van der Waals surface area (Å²) >= 11 is 0. The zero-order chi connectivity index (χ0) is 9.19. The van der Waals surface area contributed by atoms with E-state index in [-0.39, 0.29) is 5.30 Å². The lowest BCUT2D eigenvalue weighted by Gasteiger charge is -2.06. The molecule has 64 valence electrons. The second-order valence-corrected chi connectivity index (χ2v) is 4.73. The van der Waals surface area contributed by atoms with Gasteiger partial charge in [-0.2, -0.15) is 0 Å². The van der Waals surface area contributed by atoms with Crippen LogP contribution in [0.2, 0.25) is 0 Å². The highest BCUT2D eigenvalue weighted by Crippen LogP contribution is 2.39. The predicted octanol–water partition coefficient (Wildman–Crippen LogP) is 1.13. The van der Waals surface area contributed by atoms with Crippen molar-refractivity contribution in [2.45, 2.75) is 6.92 Å². The summed E-state index contributed by atoms with van der Waals surface area (Å²) in [4.78, 5) is 20.0. The molecule has 0 aliphatic heterocycles. The number of benzene rings is 1. The molecule has 3 nitrogen and oxygen atoms in total. The molecular formula is C8H9O3P. The Morgan fingerprint density at radius 2 is 1.83 bits per heavy atom. The van der Waals surface area contributed by atoms with Crippen molar-refractivity contribution in [3.8, 4) is 0 Å². The van der Waals surface area contributed by atoms with Crippen LogP contribution in [0.25, 0.3) is 0 Å². The van der Waals surface area contributed by atoms with Crippen LogP contribution in [0.15, 0.2) is 30.3 Å². The summed E-state index contributed by atoms with van der Waals surface area (Å²) < 4.78 is 11.3. The van der Waals surface area contributed by atoms with Gasteiger partial charge in [0.15, 0.2) is 0 Å². The number of hydrogen-bond acceptors (Lipinski definition) is 2. The van der Waals surface area contributed by atoms with E-state index in [2.05, 4.69) is 0 Å². The van der Waals surface area contributed by atoms with Gasteiger partial charge in [-0.3, -0.25) is 9.36 Å². The summed E-state index contributed by atoms with van der Waals surface area (Å²) in [6.45, 7) is 1.12. The summed E-state index contributed by atoms with van der Waals surface area (Å²) in [5.41, 5.74) is -0.686. The first-order valence-electron chi connectivity index (χ1n) is 3.44. The van der Waals surface area contributed by atoms with Crippen molar-refractivity contribution in [2.24, 2.45) is 0 Å². The van der Waals surface area contributed by atoms with Crippen molar-refractivity contribution in [3.05, 3.63) is 30.3 Å². The molecular weight excluding hydrogens is 175 g/mol. The SMILES string of the molecule is CC(=O)P(=O)(O)c1ccccc1. The van der Waals surface area contributed by atoms with E-state index in [0.717, 1.165) is 6.92 Å². The Morgan fingerprint density at radius 3 is 2.25 bits per heavy atom. The highest BCUT2D eigenvalue weighted by atomic mass is 31.2. The molecule has 1 unspecified atom stereocenters. The molecule has 0 heterocycles. The number of hydrogen-bond donors (Lipinski definition) is 1. The van der Waals surface area contributed by atoms with E-state index in [4.69, 9.17) is 0 Å². The Bertz CT molecular complexity index is 331. The lowest BCUT2D eigenvalue weighted by Crippen LogP contribution is -2.08. The highest BCUT2D eigenvalue weighted by Gasteiger charge is 2.26. The maximum atomic E-state index is 11.3. The molecule has 1 atom stereocenters. The first-order chi connectivity index (χ1) is 5.55. The van der Waals surface area contributed by atoms with Crippen LogP contribution in [-0.2, 0) is 9.36 Å². The van der Waals surface area contributed by atoms with Gasteiger partial charge in [0.1, 0.15) is 0 Å². The molecule has 0 saturated carbocycles. The molecule has 0 spiro atoms. The molecule has 0 aliphatic carbocycles. The summed E-state index contributed by atoms with van der Waals surface area (Å²) in [5, 5.41) is 0.192. The first kappa shape index (κ1) is 9.17. The Kier molecular flexibility index (Phi) is 2.46. The van der Waals surface area contributed by atoms with Crippen molar-refractivity contribution in [2.75, 3.05) is 0 Å². The largest absolute Gasteiger partial charge is 0.336 e. The van der Waals surface area contributed by atoms with Gasteiger partial charge in [-0.25, -0.2) is 0 Å². The predicted molar refractivity (Wildman–Crippen MR) is 46.6 cm³/mol. The summed E-state index contributed by atoms with van der Waals surface area (Å²) in [7, 11) is -3.76. The molecule has 1 aromatic carbocycles. The topological polar surface area (TPSA) is 54.4 Å². The lowest BCUT2D eigenvalue weighted by atomic mass is 10.4. The summed E-state index contributed by atoms with van der Waals surface area (Å²) in [5.74, 6) is 0. The second-order valence-electron chi connectivity index (χ2n) is 2.43. The normalized spacial score (nSPS) is 15.2. The van der Waals surface area contributed by atoms with E-state index in [0.29, 0.717) is 0 Å². The van der Waals surface area contributed by atoms with Gasteiger partial charge in [-0.05, 0) is 12.1 Å². The van der Waals surface area contributed by atoms with Gasteiger partial charge < -0.3 is 4.89 Å². The average molecular weight is 184 g/mol. The van der Waals surface area contributed by atoms with Crippen LogP contribution in [0.1, 0.15) is 6.92 Å². The minimum Gasteiger partial charge on any atom is -0.336 e. The molecule has 0 bridgehead atoms.